The highest BCUT2D eigenvalue weighted by Crippen LogP contribution is 2.41. The second-order valence-corrected chi connectivity index (χ2v) is 7.35. The highest BCUT2D eigenvalue weighted by molar-refractivity contribution is 7.91. The van der Waals surface area contributed by atoms with E-state index in [-0.39, 0.29) is 17.0 Å². The van der Waals surface area contributed by atoms with E-state index in [9.17, 15) is 23.7 Å². The first kappa shape index (κ1) is 16.0. The third kappa shape index (κ3) is 2.03. The molecule has 0 bridgehead atoms. The number of anilines is 1. The second kappa shape index (κ2) is 5.07. The van der Waals surface area contributed by atoms with Crippen molar-refractivity contribution in [3.05, 3.63) is 12.7 Å². The highest BCUT2D eigenvalue weighted by atomic mass is 32.2. The van der Waals surface area contributed by atoms with Crippen LogP contribution in [0.5, 0.6) is 0 Å². The molecule has 3 heterocycles. The number of nitrogens with zero attached hydrogens (tertiary/aromatic N) is 4. The summed E-state index contributed by atoms with van der Waals surface area (Å²) >= 11 is 0. The Morgan fingerprint density at radius 1 is 1.39 bits per heavy atom. The summed E-state index contributed by atoms with van der Waals surface area (Å²) in [5, 5.41) is 27.2. The molecule has 23 heavy (non-hydrogen) atoms. The van der Waals surface area contributed by atoms with Gasteiger partial charge in [0.25, 0.3) is 5.06 Å². The third-order valence-electron chi connectivity index (χ3n) is 3.81. The number of fused-ring (bicyclic) bond motifs is 1. The fraction of sp³-hybridized carbons (Fsp3) is 0.545. The molecular weight excluding hydrogens is 330 g/mol. The van der Waals surface area contributed by atoms with Gasteiger partial charge in [-0.2, -0.15) is 0 Å². The molecule has 0 radical (unpaired) electrons. The number of hydrogen-bond acceptors (Lipinski definition) is 10. The molecule has 1 aliphatic heterocycles. The van der Waals surface area contributed by atoms with Crippen molar-refractivity contribution < 1.29 is 28.5 Å². The molecule has 5 N–H and O–H groups in total. The number of nitrogen functional groups attached to an aromatic ring is 1. The van der Waals surface area contributed by atoms with Crippen molar-refractivity contribution in [1.29, 1.82) is 0 Å². The van der Waals surface area contributed by atoms with Crippen LogP contribution in [0.3, 0.4) is 0 Å². The summed E-state index contributed by atoms with van der Waals surface area (Å²) in [7, 11) is -4.14. The first-order valence-corrected chi connectivity index (χ1v) is 8.41. The van der Waals surface area contributed by atoms with Crippen molar-refractivity contribution >= 4 is 26.8 Å². The Kier molecular flexibility index (Phi) is 3.53. The van der Waals surface area contributed by atoms with E-state index in [4.69, 9.17) is 10.5 Å². The smallest absolute Gasteiger partial charge is 0.281 e. The Labute approximate surface area is 130 Å². The van der Waals surface area contributed by atoms with Crippen molar-refractivity contribution in [3.63, 3.8) is 0 Å². The Morgan fingerprint density at radius 3 is 2.65 bits per heavy atom. The maximum absolute atomic E-state index is 12.4. The fourth-order valence-corrected chi connectivity index (χ4v) is 4.05. The van der Waals surface area contributed by atoms with E-state index in [1.165, 1.54) is 0 Å². The summed E-state index contributed by atoms with van der Waals surface area (Å²) in [4.78, 5) is 11.6. The van der Waals surface area contributed by atoms with E-state index in [0.29, 0.717) is 0 Å². The maximum atomic E-state index is 12.4. The van der Waals surface area contributed by atoms with Crippen LogP contribution in [-0.4, -0.2) is 74.4 Å². The normalized spacial score (nSPS) is 31.7. The number of nitrogens with two attached hydrogens (primary N) is 1. The molecule has 0 amide bonds. The van der Waals surface area contributed by atoms with Crippen LogP contribution in [0.2, 0.25) is 0 Å². The molecule has 2 aromatic rings. The van der Waals surface area contributed by atoms with Gasteiger partial charge >= 0.3 is 0 Å². The van der Waals surface area contributed by atoms with Gasteiger partial charge < -0.3 is 25.8 Å². The lowest BCUT2D eigenvalue weighted by Gasteiger charge is -2.31. The molecule has 2 aromatic heterocycles. The van der Waals surface area contributed by atoms with Crippen LogP contribution in [-0.2, 0) is 19.6 Å². The van der Waals surface area contributed by atoms with Crippen molar-refractivity contribution in [2.24, 2.45) is 0 Å². The zero-order valence-corrected chi connectivity index (χ0v) is 12.8. The van der Waals surface area contributed by atoms with Gasteiger partial charge in [-0.25, -0.2) is 23.4 Å². The molecule has 4 atom stereocenters. The highest BCUT2D eigenvalue weighted by Gasteiger charge is 2.62. The molecule has 1 fully saturated rings. The van der Waals surface area contributed by atoms with Crippen LogP contribution in [0.1, 0.15) is 0 Å². The van der Waals surface area contributed by atoms with E-state index in [1.807, 2.05) is 0 Å². The monoisotopic (exact) mass is 345 g/mol. The lowest BCUT2D eigenvalue weighted by molar-refractivity contribution is -0.0838. The molecule has 126 valence electrons. The maximum Gasteiger partial charge on any atom is 0.281 e. The minimum absolute atomic E-state index is 0.00719. The van der Waals surface area contributed by atoms with Crippen molar-refractivity contribution in [2.45, 2.75) is 23.4 Å². The molecule has 0 aromatic carbocycles. The largest absolute Gasteiger partial charge is 0.394 e. The van der Waals surface area contributed by atoms with Gasteiger partial charge in [0, 0.05) is 6.26 Å². The summed E-state index contributed by atoms with van der Waals surface area (Å²) < 4.78 is 31.1. The number of aliphatic hydroxyl groups excluding tert-OH is 3. The molecule has 3 rings (SSSR count). The Morgan fingerprint density at radius 2 is 2.09 bits per heavy atom. The summed E-state index contributed by atoms with van der Waals surface area (Å²) in [6, 6.07) is 0. The van der Waals surface area contributed by atoms with Crippen molar-refractivity contribution in [1.82, 2.24) is 19.5 Å². The number of ether oxygens (including phenoxy) is 1. The number of sulfone groups is 1. The average molecular weight is 345 g/mol. The molecule has 1 saturated heterocycles. The Bertz CT molecular complexity index is 854. The quantitative estimate of drug-likeness (QED) is 0.454. The number of aliphatic hydroxyl groups is 3. The fourth-order valence-electron chi connectivity index (χ4n) is 2.69. The first-order chi connectivity index (χ1) is 10.7. The predicted molar refractivity (Wildman–Crippen MR) is 76.5 cm³/mol. The number of rotatable bonds is 3. The Balaban J connectivity index is 2.32. The number of hydrogen-bond donors (Lipinski definition) is 4. The summed E-state index contributed by atoms with van der Waals surface area (Å²) in [5.41, 5.74) is 5.79. The second-order valence-electron chi connectivity index (χ2n) is 5.22. The van der Waals surface area contributed by atoms with Crippen LogP contribution < -0.4 is 5.73 Å². The van der Waals surface area contributed by atoms with E-state index in [0.717, 1.165) is 23.5 Å². The molecule has 12 heteroatoms. The van der Waals surface area contributed by atoms with E-state index < -0.39 is 39.8 Å². The van der Waals surface area contributed by atoms with Crippen LogP contribution in [0.15, 0.2) is 12.7 Å². The SMILES string of the molecule is CS(=O)(=O)[C@@]1(n2cnc3c(N)ncnc32)O[C@H](CO)[C@@H](O)[C@H]1O. The van der Waals surface area contributed by atoms with Gasteiger partial charge in [0.05, 0.1) is 6.61 Å². The lowest BCUT2D eigenvalue weighted by Crippen LogP contribution is -2.51. The molecule has 0 saturated carbocycles. The predicted octanol–water partition coefficient (Wildman–Crippen LogP) is -2.82. The summed E-state index contributed by atoms with van der Waals surface area (Å²) in [6.45, 7) is -0.681. The summed E-state index contributed by atoms with van der Waals surface area (Å²) in [6.07, 6.45) is -1.77. The zero-order valence-electron chi connectivity index (χ0n) is 11.9. The molecular formula is C11H15N5O6S. The van der Waals surface area contributed by atoms with E-state index >= 15 is 0 Å². The minimum Gasteiger partial charge on any atom is -0.394 e. The molecule has 11 nitrogen and oxygen atoms in total. The molecule has 0 spiro atoms. The average Bonchev–Trinajstić information content (AvgIpc) is 3.01. The zero-order chi connectivity index (χ0) is 17.0. The van der Waals surface area contributed by atoms with Gasteiger partial charge in [-0.3, -0.25) is 4.57 Å². The van der Waals surface area contributed by atoms with Crippen molar-refractivity contribution in [2.75, 3.05) is 18.6 Å². The van der Waals surface area contributed by atoms with Gasteiger partial charge in [-0.05, 0) is 0 Å². The minimum atomic E-state index is -4.14. The molecule has 1 aliphatic rings. The summed E-state index contributed by atoms with van der Waals surface area (Å²) in [5.74, 6) is 0.0177. The first-order valence-electron chi connectivity index (χ1n) is 6.52. The van der Waals surface area contributed by atoms with Crippen LogP contribution >= 0.6 is 0 Å². The van der Waals surface area contributed by atoms with Gasteiger partial charge in [0.1, 0.15) is 36.5 Å². The van der Waals surface area contributed by atoms with Gasteiger partial charge in [0.2, 0.25) is 0 Å². The van der Waals surface area contributed by atoms with E-state index in [2.05, 4.69) is 15.0 Å². The third-order valence-corrected chi connectivity index (χ3v) is 5.40. The van der Waals surface area contributed by atoms with Crippen LogP contribution in [0.4, 0.5) is 5.82 Å². The number of aromatic nitrogens is 4. The van der Waals surface area contributed by atoms with Gasteiger partial charge in [-0.1, -0.05) is 0 Å². The topological polar surface area (TPSA) is 174 Å². The Hall–Kier alpha value is -1.86. The standard InChI is InChI=1S/C11H15N5O6S/c1-23(20,21)11(8(19)7(18)5(2-17)22-11)16-4-15-6-9(12)13-3-14-10(6)16/h3-5,7-8,17-19H,2H2,1H3,(H2,12,13,14)/t5-,7-,8-,11+/m1/s1. The van der Waals surface area contributed by atoms with E-state index in [1.54, 1.807) is 0 Å². The number of imidazole rings is 1. The van der Waals surface area contributed by atoms with Crippen molar-refractivity contribution in [3.8, 4) is 0 Å². The molecule has 0 unspecified atom stereocenters. The van der Waals surface area contributed by atoms with Gasteiger partial charge in [0.15, 0.2) is 21.3 Å². The van der Waals surface area contributed by atoms with Crippen LogP contribution in [0, 0.1) is 0 Å². The lowest BCUT2D eigenvalue weighted by atomic mass is 10.1. The van der Waals surface area contributed by atoms with Gasteiger partial charge in [-0.15, -0.1) is 0 Å². The van der Waals surface area contributed by atoms with Crippen LogP contribution in [0.25, 0.3) is 11.2 Å². The molecule has 0 aliphatic carbocycles.